The number of amides is 1. The van der Waals surface area contributed by atoms with Gasteiger partial charge >= 0.3 is 0 Å². The van der Waals surface area contributed by atoms with Crippen LogP contribution in [-0.2, 0) is 17.8 Å². The van der Waals surface area contributed by atoms with Crippen LogP contribution in [0.25, 0.3) is 6.08 Å². The molecule has 1 heterocycles. The van der Waals surface area contributed by atoms with Crippen molar-refractivity contribution in [2.75, 3.05) is 7.05 Å². The van der Waals surface area contributed by atoms with Gasteiger partial charge in [0.1, 0.15) is 12.4 Å². The van der Waals surface area contributed by atoms with Crippen molar-refractivity contribution in [1.29, 1.82) is 0 Å². The van der Waals surface area contributed by atoms with Gasteiger partial charge in [-0.2, -0.15) is 0 Å². The van der Waals surface area contributed by atoms with Crippen LogP contribution >= 0.6 is 11.8 Å². The van der Waals surface area contributed by atoms with Gasteiger partial charge < -0.3 is 4.74 Å². The Labute approximate surface area is 187 Å². The molecule has 0 N–H and O–H groups in total. The van der Waals surface area contributed by atoms with Crippen LogP contribution < -0.4 is 4.74 Å². The van der Waals surface area contributed by atoms with Gasteiger partial charge in [-0.3, -0.25) is 9.69 Å². The van der Waals surface area contributed by atoms with Crippen LogP contribution in [0.1, 0.15) is 23.6 Å². The first-order valence-corrected chi connectivity index (χ1v) is 11.1. The van der Waals surface area contributed by atoms with Crippen molar-refractivity contribution in [1.82, 2.24) is 4.90 Å². The number of amidine groups is 1. The highest BCUT2D eigenvalue weighted by atomic mass is 32.2. The molecule has 1 aliphatic heterocycles. The predicted molar refractivity (Wildman–Crippen MR) is 128 cm³/mol. The minimum absolute atomic E-state index is 0.0596. The van der Waals surface area contributed by atoms with Gasteiger partial charge in [0.15, 0.2) is 5.17 Å². The van der Waals surface area contributed by atoms with Gasteiger partial charge in [-0.1, -0.05) is 73.7 Å². The van der Waals surface area contributed by atoms with Gasteiger partial charge in [0.2, 0.25) is 0 Å². The van der Waals surface area contributed by atoms with Crippen molar-refractivity contribution in [3.8, 4) is 5.75 Å². The van der Waals surface area contributed by atoms with E-state index in [2.05, 4.69) is 13.0 Å². The second-order valence-corrected chi connectivity index (χ2v) is 8.17. The maximum Gasteiger partial charge on any atom is 0.266 e. The predicted octanol–water partition coefficient (Wildman–Crippen LogP) is 6.06. The number of benzene rings is 3. The Hall–Kier alpha value is -3.31. The highest BCUT2D eigenvalue weighted by Gasteiger charge is 2.30. The summed E-state index contributed by atoms with van der Waals surface area (Å²) in [4.78, 5) is 19.9. The molecule has 1 fully saturated rings. The molecule has 31 heavy (non-hydrogen) atoms. The van der Waals surface area contributed by atoms with Gasteiger partial charge in [-0.05, 0) is 47.5 Å². The van der Waals surface area contributed by atoms with Crippen LogP contribution in [0.2, 0.25) is 0 Å². The third-order valence-corrected chi connectivity index (χ3v) is 6.10. The fourth-order valence-corrected chi connectivity index (χ4v) is 4.25. The molecule has 3 aromatic carbocycles. The van der Waals surface area contributed by atoms with E-state index in [0.717, 1.165) is 34.5 Å². The van der Waals surface area contributed by atoms with Gasteiger partial charge in [-0.15, -0.1) is 0 Å². The monoisotopic (exact) mass is 428 g/mol. The second kappa shape index (κ2) is 9.67. The quantitative estimate of drug-likeness (QED) is 0.448. The zero-order valence-corrected chi connectivity index (χ0v) is 18.4. The van der Waals surface area contributed by atoms with Crippen molar-refractivity contribution < 1.29 is 9.53 Å². The van der Waals surface area contributed by atoms with Crippen LogP contribution in [0.5, 0.6) is 5.75 Å². The maximum absolute atomic E-state index is 12.9. The summed E-state index contributed by atoms with van der Waals surface area (Å²) in [6, 6.07) is 25.8. The molecular formula is C26H24N2O2S. The summed E-state index contributed by atoms with van der Waals surface area (Å²) in [5, 5.41) is 0.680. The SMILES string of the molecule is CCc1ccccc1N=C1S/C(=C/c2ccccc2OCc2ccccc2)C(=O)N1C. The molecular weight excluding hydrogens is 404 g/mol. The Kier molecular flexibility index (Phi) is 6.53. The maximum atomic E-state index is 12.9. The first-order chi connectivity index (χ1) is 15.2. The molecule has 4 nitrogen and oxygen atoms in total. The average molecular weight is 429 g/mol. The smallest absolute Gasteiger partial charge is 0.266 e. The molecule has 156 valence electrons. The molecule has 0 aliphatic carbocycles. The number of ether oxygens (including phenoxy) is 1. The topological polar surface area (TPSA) is 41.9 Å². The van der Waals surface area contributed by atoms with Crippen LogP contribution in [-0.4, -0.2) is 23.0 Å². The molecule has 1 aliphatic rings. The van der Waals surface area contributed by atoms with E-state index in [9.17, 15) is 4.79 Å². The van der Waals surface area contributed by atoms with Gasteiger partial charge in [0.05, 0.1) is 10.6 Å². The van der Waals surface area contributed by atoms with E-state index in [4.69, 9.17) is 9.73 Å². The largest absolute Gasteiger partial charge is 0.488 e. The highest BCUT2D eigenvalue weighted by molar-refractivity contribution is 8.18. The zero-order chi connectivity index (χ0) is 21.6. The number of aliphatic imine (C=N–C) groups is 1. The molecule has 4 rings (SSSR count). The highest BCUT2D eigenvalue weighted by Crippen LogP contribution is 2.35. The number of thioether (sulfide) groups is 1. The number of hydrogen-bond donors (Lipinski definition) is 0. The number of aryl methyl sites for hydroxylation is 1. The van der Waals surface area contributed by atoms with Gasteiger partial charge in [0.25, 0.3) is 5.91 Å². The molecule has 0 bridgehead atoms. The van der Waals surface area contributed by atoms with E-state index in [0.29, 0.717) is 16.7 Å². The number of carbonyl (C=O) groups excluding carboxylic acids is 1. The first-order valence-electron chi connectivity index (χ1n) is 10.3. The fraction of sp³-hybridized carbons (Fsp3) is 0.154. The molecule has 0 radical (unpaired) electrons. The number of rotatable bonds is 6. The number of nitrogens with zero attached hydrogens (tertiary/aromatic N) is 2. The standard InChI is InChI=1S/C26H24N2O2S/c1-3-20-13-7-9-15-22(20)27-26-28(2)25(29)24(31-26)17-21-14-8-10-16-23(21)30-18-19-11-5-4-6-12-19/h4-17H,3,18H2,1-2H3/b24-17+,27-26?. The van der Waals surface area contributed by atoms with Crippen molar-refractivity contribution in [3.63, 3.8) is 0 Å². The number of likely N-dealkylation sites (N-methyl/N-ethyl adjacent to an activating group) is 1. The first kappa shape index (κ1) is 20.9. The van der Waals surface area contributed by atoms with Crippen molar-refractivity contribution >= 4 is 34.6 Å². The lowest BCUT2D eigenvalue weighted by Crippen LogP contribution is -2.23. The Morgan fingerprint density at radius 3 is 2.48 bits per heavy atom. The van der Waals surface area contributed by atoms with Crippen LogP contribution in [0.15, 0.2) is 88.8 Å². The van der Waals surface area contributed by atoms with Crippen LogP contribution in [0, 0.1) is 0 Å². The molecule has 0 atom stereocenters. The molecule has 1 saturated heterocycles. The summed E-state index contributed by atoms with van der Waals surface area (Å²) in [6.07, 6.45) is 2.78. The lowest BCUT2D eigenvalue weighted by Gasteiger charge is -2.10. The molecule has 0 aromatic heterocycles. The fourth-order valence-electron chi connectivity index (χ4n) is 3.28. The normalized spacial score (nSPS) is 16.3. The van der Waals surface area contributed by atoms with Crippen molar-refractivity contribution in [2.45, 2.75) is 20.0 Å². The summed E-state index contributed by atoms with van der Waals surface area (Å²) in [5.41, 5.74) is 4.03. The third kappa shape index (κ3) is 4.89. The van der Waals surface area contributed by atoms with E-state index in [-0.39, 0.29) is 5.91 Å². The van der Waals surface area contributed by atoms with E-state index in [1.807, 2.05) is 78.9 Å². The van der Waals surface area contributed by atoms with Crippen LogP contribution in [0.4, 0.5) is 5.69 Å². The molecule has 0 saturated carbocycles. The second-order valence-electron chi connectivity index (χ2n) is 7.16. The Morgan fingerprint density at radius 1 is 0.968 bits per heavy atom. The molecule has 0 spiro atoms. The summed E-state index contributed by atoms with van der Waals surface area (Å²) < 4.78 is 6.04. The van der Waals surface area contributed by atoms with Crippen LogP contribution in [0.3, 0.4) is 0 Å². The number of hydrogen-bond acceptors (Lipinski definition) is 4. The molecule has 3 aromatic rings. The zero-order valence-electron chi connectivity index (χ0n) is 17.6. The van der Waals surface area contributed by atoms with Crippen molar-refractivity contribution in [3.05, 3.63) is 100 Å². The molecule has 1 amide bonds. The summed E-state index contributed by atoms with van der Waals surface area (Å²) in [5.74, 6) is 0.687. The van der Waals surface area contributed by atoms with Gasteiger partial charge in [-0.25, -0.2) is 4.99 Å². The lowest BCUT2D eigenvalue weighted by molar-refractivity contribution is -0.121. The van der Waals surface area contributed by atoms with E-state index in [1.54, 1.807) is 11.9 Å². The third-order valence-electron chi connectivity index (χ3n) is 5.03. The molecule has 0 unspecified atom stereocenters. The minimum atomic E-state index is -0.0596. The number of para-hydroxylation sites is 2. The Morgan fingerprint density at radius 2 is 1.68 bits per heavy atom. The average Bonchev–Trinajstić information content (AvgIpc) is 3.07. The summed E-state index contributed by atoms with van der Waals surface area (Å²) in [6.45, 7) is 2.58. The van der Waals surface area contributed by atoms with Crippen molar-refractivity contribution in [2.24, 2.45) is 4.99 Å². The van der Waals surface area contributed by atoms with E-state index in [1.165, 1.54) is 11.8 Å². The Bertz CT molecular complexity index is 1140. The minimum Gasteiger partial charge on any atom is -0.488 e. The number of carbonyl (C=O) groups is 1. The van der Waals surface area contributed by atoms with E-state index < -0.39 is 0 Å². The molecule has 5 heteroatoms. The Balaban J connectivity index is 1.58. The van der Waals surface area contributed by atoms with E-state index >= 15 is 0 Å². The summed E-state index contributed by atoms with van der Waals surface area (Å²) in [7, 11) is 1.77. The lowest BCUT2D eigenvalue weighted by atomic mass is 10.1. The summed E-state index contributed by atoms with van der Waals surface area (Å²) >= 11 is 1.39. The van der Waals surface area contributed by atoms with Gasteiger partial charge in [0, 0.05) is 12.6 Å².